The zero-order valence-electron chi connectivity index (χ0n) is 10.3. The van der Waals surface area contributed by atoms with Crippen molar-refractivity contribution in [2.45, 2.75) is 19.9 Å². The number of nitrogens with two attached hydrogens (primary N) is 1. The highest BCUT2D eigenvalue weighted by molar-refractivity contribution is 7.88. The fraction of sp³-hybridized carbons (Fsp3) is 0.364. The predicted molar refractivity (Wildman–Crippen MR) is 68.0 cm³/mol. The molecule has 100 valence electrons. The molecule has 0 saturated carbocycles. The van der Waals surface area contributed by atoms with Crippen LogP contribution >= 0.6 is 0 Å². The Balaban J connectivity index is 3.06. The summed E-state index contributed by atoms with van der Waals surface area (Å²) in [5.41, 5.74) is 6.57. The van der Waals surface area contributed by atoms with Gasteiger partial charge in [-0.25, -0.2) is 4.31 Å². The second-order valence-electron chi connectivity index (χ2n) is 3.57. The van der Waals surface area contributed by atoms with Crippen molar-refractivity contribution in [2.75, 3.05) is 11.4 Å². The number of carbonyl (C=O) groups excluding carboxylic acids is 1. The van der Waals surface area contributed by atoms with Crippen molar-refractivity contribution >= 4 is 22.0 Å². The van der Waals surface area contributed by atoms with Gasteiger partial charge < -0.3 is 9.92 Å². The van der Waals surface area contributed by atoms with Gasteiger partial charge in [-0.15, -0.1) is 0 Å². The van der Waals surface area contributed by atoms with Crippen LogP contribution in [0.5, 0.6) is 0 Å². The van der Waals surface area contributed by atoms with Crippen molar-refractivity contribution in [3.8, 4) is 0 Å². The summed E-state index contributed by atoms with van der Waals surface area (Å²) in [6.45, 7) is 1.71. The summed E-state index contributed by atoms with van der Waals surface area (Å²) < 4.78 is 28.9. The van der Waals surface area contributed by atoms with Crippen LogP contribution in [0.4, 0.5) is 5.69 Å². The lowest BCUT2D eigenvalue weighted by Crippen LogP contribution is -2.31. The molecule has 0 fully saturated rings. The lowest BCUT2D eigenvalue weighted by atomic mass is 10.2. The smallest absolute Gasteiger partial charge is 0.330 e. The van der Waals surface area contributed by atoms with Crippen LogP contribution in [0.1, 0.15) is 18.9 Å². The average molecular weight is 272 g/mol. The largest absolute Gasteiger partial charge is 0.412 e. The SMILES string of the molecule is CCC(=O)OS(=O)(=O)N(C)c1ccccc1CN. The molecule has 0 unspecified atom stereocenters. The predicted octanol–water partition coefficient (Wildman–Crippen LogP) is 0.780. The van der Waals surface area contributed by atoms with Crippen LogP contribution in [0.15, 0.2) is 24.3 Å². The van der Waals surface area contributed by atoms with E-state index in [0.717, 1.165) is 4.31 Å². The molecule has 0 heterocycles. The van der Waals surface area contributed by atoms with E-state index in [2.05, 4.69) is 4.18 Å². The molecule has 1 aromatic rings. The third kappa shape index (κ3) is 3.21. The molecule has 1 aromatic carbocycles. The molecule has 18 heavy (non-hydrogen) atoms. The first-order valence-corrected chi connectivity index (χ1v) is 6.78. The maximum Gasteiger partial charge on any atom is 0.412 e. The standard InChI is InChI=1S/C11H16N2O4S/c1-3-11(14)17-18(15,16)13(2)10-7-5-4-6-9(10)8-12/h4-7H,3,8,12H2,1-2H3. The molecular formula is C11H16N2O4S. The molecule has 0 aliphatic rings. The van der Waals surface area contributed by atoms with Gasteiger partial charge in [0.1, 0.15) is 0 Å². The highest BCUT2D eigenvalue weighted by Crippen LogP contribution is 2.22. The molecule has 0 atom stereocenters. The second-order valence-corrected chi connectivity index (χ2v) is 5.14. The Labute approximate surface area is 107 Å². The van der Waals surface area contributed by atoms with E-state index in [-0.39, 0.29) is 13.0 Å². The minimum Gasteiger partial charge on any atom is -0.330 e. The fourth-order valence-corrected chi connectivity index (χ4v) is 2.23. The lowest BCUT2D eigenvalue weighted by molar-refractivity contribution is -0.133. The monoisotopic (exact) mass is 272 g/mol. The molecule has 2 N–H and O–H groups in total. The van der Waals surface area contributed by atoms with Crippen LogP contribution in [-0.2, 0) is 25.8 Å². The quantitative estimate of drug-likeness (QED) is 0.855. The molecule has 0 saturated heterocycles. The lowest BCUT2D eigenvalue weighted by Gasteiger charge is -2.20. The topological polar surface area (TPSA) is 89.7 Å². The summed E-state index contributed by atoms with van der Waals surface area (Å²) in [6.07, 6.45) is -0.00833. The zero-order valence-corrected chi connectivity index (χ0v) is 11.1. The number of carbonyl (C=O) groups is 1. The molecule has 0 aromatic heterocycles. The molecular weight excluding hydrogens is 256 g/mol. The van der Waals surface area contributed by atoms with Gasteiger partial charge in [-0.2, -0.15) is 8.42 Å². The number of anilines is 1. The molecule has 7 heteroatoms. The summed E-state index contributed by atoms with van der Waals surface area (Å²) in [6, 6.07) is 6.74. The van der Waals surface area contributed by atoms with E-state index in [0.29, 0.717) is 11.3 Å². The van der Waals surface area contributed by atoms with E-state index in [1.54, 1.807) is 24.3 Å². The third-order valence-electron chi connectivity index (χ3n) is 2.37. The molecule has 0 aliphatic carbocycles. The van der Waals surface area contributed by atoms with E-state index in [1.165, 1.54) is 14.0 Å². The number of nitrogens with zero attached hydrogens (tertiary/aromatic N) is 1. The van der Waals surface area contributed by atoms with E-state index in [1.807, 2.05) is 0 Å². The normalized spacial score (nSPS) is 11.1. The Morgan fingerprint density at radius 2 is 2.00 bits per heavy atom. The Bertz CT molecular complexity index is 528. The summed E-state index contributed by atoms with van der Waals surface area (Å²) in [7, 11) is -2.82. The highest BCUT2D eigenvalue weighted by atomic mass is 32.2. The molecule has 1 rings (SSSR count). The summed E-state index contributed by atoms with van der Waals surface area (Å²) in [5.74, 6) is -0.799. The maximum atomic E-state index is 11.8. The second kappa shape index (κ2) is 5.83. The van der Waals surface area contributed by atoms with E-state index in [9.17, 15) is 13.2 Å². The van der Waals surface area contributed by atoms with E-state index in [4.69, 9.17) is 5.73 Å². The number of hydrogen-bond acceptors (Lipinski definition) is 5. The molecule has 0 amide bonds. The van der Waals surface area contributed by atoms with Crippen LogP contribution in [0.25, 0.3) is 0 Å². The van der Waals surface area contributed by atoms with Crippen molar-refractivity contribution < 1.29 is 17.4 Å². The first-order valence-electron chi connectivity index (χ1n) is 5.41. The van der Waals surface area contributed by atoms with Gasteiger partial charge in [0.15, 0.2) is 0 Å². The van der Waals surface area contributed by atoms with Crippen molar-refractivity contribution in [1.29, 1.82) is 0 Å². The Morgan fingerprint density at radius 1 is 1.39 bits per heavy atom. The van der Waals surface area contributed by atoms with Gasteiger partial charge in [0.25, 0.3) is 0 Å². The first-order chi connectivity index (χ1) is 8.42. The minimum atomic E-state index is -4.13. The number of hydrogen-bond donors (Lipinski definition) is 1. The molecule has 0 spiro atoms. The summed E-state index contributed by atoms with van der Waals surface area (Å²) >= 11 is 0. The Kier molecular flexibility index (Phi) is 4.69. The molecule has 0 radical (unpaired) electrons. The summed E-state index contributed by atoms with van der Waals surface area (Å²) in [4.78, 5) is 11.1. The number of rotatable bonds is 5. The summed E-state index contributed by atoms with van der Waals surface area (Å²) in [5, 5.41) is 0. The van der Waals surface area contributed by atoms with Gasteiger partial charge in [-0.3, -0.25) is 4.79 Å². The Hall–Kier alpha value is -1.60. The van der Waals surface area contributed by atoms with Crippen molar-refractivity contribution in [3.63, 3.8) is 0 Å². The van der Waals surface area contributed by atoms with Crippen molar-refractivity contribution in [3.05, 3.63) is 29.8 Å². The van der Waals surface area contributed by atoms with Gasteiger partial charge >= 0.3 is 16.3 Å². The molecule has 0 bridgehead atoms. The molecule has 0 aliphatic heterocycles. The zero-order chi connectivity index (χ0) is 13.8. The first kappa shape index (κ1) is 14.5. The van der Waals surface area contributed by atoms with Crippen molar-refractivity contribution in [2.24, 2.45) is 5.73 Å². The fourth-order valence-electron chi connectivity index (χ4n) is 1.34. The maximum absolute atomic E-state index is 11.8. The van der Waals surface area contributed by atoms with Gasteiger partial charge in [0, 0.05) is 20.0 Å². The van der Waals surface area contributed by atoms with Crippen LogP contribution in [0.3, 0.4) is 0 Å². The highest BCUT2D eigenvalue weighted by Gasteiger charge is 2.24. The van der Waals surface area contributed by atoms with E-state index >= 15 is 0 Å². The van der Waals surface area contributed by atoms with E-state index < -0.39 is 16.3 Å². The third-order valence-corrected chi connectivity index (χ3v) is 3.64. The van der Waals surface area contributed by atoms with Crippen molar-refractivity contribution in [1.82, 2.24) is 0 Å². The molecule has 6 nitrogen and oxygen atoms in total. The van der Waals surface area contributed by atoms with Crippen LogP contribution in [-0.4, -0.2) is 21.4 Å². The number of para-hydroxylation sites is 1. The van der Waals surface area contributed by atoms with Gasteiger partial charge in [0.2, 0.25) is 0 Å². The van der Waals surface area contributed by atoms with Gasteiger partial charge in [-0.1, -0.05) is 25.1 Å². The van der Waals surface area contributed by atoms with Crippen LogP contribution in [0.2, 0.25) is 0 Å². The van der Waals surface area contributed by atoms with Crippen LogP contribution in [0, 0.1) is 0 Å². The Morgan fingerprint density at radius 3 is 2.56 bits per heavy atom. The van der Waals surface area contributed by atoms with Gasteiger partial charge in [-0.05, 0) is 11.6 Å². The van der Waals surface area contributed by atoms with Crippen LogP contribution < -0.4 is 10.0 Å². The minimum absolute atomic E-state index is 0.00833. The average Bonchev–Trinajstić information content (AvgIpc) is 2.37. The number of benzene rings is 1. The van der Waals surface area contributed by atoms with Gasteiger partial charge in [0.05, 0.1) is 5.69 Å².